The van der Waals surface area contributed by atoms with Gasteiger partial charge in [0, 0.05) is 25.8 Å². The van der Waals surface area contributed by atoms with Crippen molar-refractivity contribution in [3.8, 4) is 0 Å². The van der Waals surface area contributed by atoms with Crippen LogP contribution in [-0.4, -0.2) is 65.3 Å². The van der Waals surface area contributed by atoms with Gasteiger partial charge >= 0.3 is 6.03 Å². The first-order chi connectivity index (χ1) is 15.0. The van der Waals surface area contributed by atoms with Crippen molar-refractivity contribution >= 4 is 17.6 Å². The Kier molecular flexibility index (Phi) is 4.95. The largest absolute Gasteiger partial charge is 0.343 e. The molecule has 162 valence electrons. The smallest absolute Gasteiger partial charge is 0.328 e. The van der Waals surface area contributed by atoms with Gasteiger partial charge in [0.15, 0.2) is 0 Å². The number of likely N-dealkylation sites (N-methyl/N-ethyl adjacent to an activating group) is 1. The van der Waals surface area contributed by atoms with E-state index in [4.69, 9.17) is 0 Å². The number of anilines is 1. The van der Waals surface area contributed by atoms with Crippen molar-refractivity contribution < 1.29 is 9.59 Å². The van der Waals surface area contributed by atoms with Crippen molar-refractivity contribution in [3.63, 3.8) is 0 Å². The molecular formula is C24H29N5O2. The number of carbonyl (C=O) groups excluding carboxylic acids is 2. The third kappa shape index (κ3) is 3.28. The average molecular weight is 420 g/mol. The van der Waals surface area contributed by atoms with Crippen LogP contribution in [0.1, 0.15) is 18.1 Å². The van der Waals surface area contributed by atoms with Gasteiger partial charge in [-0.15, -0.1) is 0 Å². The van der Waals surface area contributed by atoms with Gasteiger partial charge in [-0.25, -0.2) is 4.79 Å². The Morgan fingerprint density at radius 2 is 1.71 bits per heavy atom. The summed E-state index contributed by atoms with van der Waals surface area (Å²) in [6.07, 6.45) is -0.461. The Balaban J connectivity index is 1.48. The quantitative estimate of drug-likeness (QED) is 0.828. The van der Waals surface area contributed by atoms with Crippen molar-refractivity contribution in [1.29, 1.82) is 0 Å². The van der Waals surface area contributed by atoms with E-state index in [9.17, 15) is 9.59 Å². The molecule has 5 rings (SSSR count). The zero-order valence-electron chi connectivity index (χ0n) is 18.2. The summed E-state index contributed by atoms with van der Waals surface area (Å²) in [7, 11) is 1.79. The van der Waals surface area contributed by atoms with Crippen LogP contribution >= 0.6 is 0 Å². The Morgan fingerprint density at radius 3 is 2.45 bits per heavy atom. The number of urea groups is 1. The molecular weight excluding hydrogens is 390 g/mol. The van der Waals surface area contributed by atoms with Crippen LogP contribution in [0.3, 0.4) is 0 Å². The van der Waals surface area contributed by atoms with E-state index in [0.717, 1.165) is 24.3 Å². The van der Waals surface area contributed by atoms with Crippen molar-refractivity contribution in [2.24, 2.45) is 5.92 Å². The fourth-order valence-corrected chi connectivity index (χ4v) is 5.20. The number of hydrogen-bond donors (Lipinski definition) is 1. The fraction of sp³-hybridized carbons (Fsp3) is 0.417. The summed E-state index contributed by atoms with van der Waals surface area (Å²) in [5, 5.41) is 3.60. The molecule has 4 atom stereocenters. The lowest BCUT2D eigenvalue weighted by atomic mass is 10.0. The maximum absolute atomic E-state index is 13.6. The summed E-state index contributed by atoms with van der Waals surface area (Å²) in [5.74, 6) is 0.278. The summed E-state index contributed by atoms with van der Waals surface area (Å²) in [5.41, 5.74) is 3.32. The first kappa shape index (κ1) is 20.0. The minimum atomic E-state index is -0.398. The predicted octanol–water partition coefficient (Wildman–Crippen LogP) is 2.43. The number of para-hydroxylation sites is 1. The molecule has 2 aromatic carbocycles. The Hall–Kier alpha value is -2.90. The van der Waals surface area contributed by atoms with Gasteiger partial charge in [0.1, 0.15) is 18.5 Å². The minimum Gasteiger partial charge on any atom is -0.343 e. The Bertz CT molecular complexity index is 996. The Morgan fingerprint density at radius 1 is 1.00 bits per heavy atom. The van der Waals surface area contributed by atoms with Crippen LogP contribution in [0.4, 0.5) is 10.5 Å². The summed E-state index contributed by atoms with van der Waals surface area (Å²) >= 11 is 0. The Labute approximate surface area is 183 Å². The maximum Gasteiger partial charge on any atom is 0.328 e. The highest BCUT2D eigenvalue weighted by Crippen LogP contribution is 2.35. The second-order valence-electron chi connectivity index (χ2n) is 8.97. The third-order valence-electron chi connectivity index (χ3n) is 6.69. The number of carbonyl (C=O) groups is 2. The summed E-state index contributed by atoms with van der Waals surface area (Å²) in [6.45, 7) is 6.34. The van der Waals surface area contributed by atoms with E-state index >= 15 is 0 Å². The van der Waals surface area contributed by atoms with E-state index in [0.29, 0.717) is 12.5 Å². The number of rotatable bonds is 3. The first-order valence-corrected chi connectivity index (χ1v) is 10.9. The predicted molar refractivity (Wildman–Crippen MR) is 119 cm³/mol. The van der Waals surface area contributed by atoms with Crippen LogP contribution in [-0.2, 0) is 11.3 Å². The molecule has 4 unspecified atom stereocenters. The van der Waals surface area contributed by atoms with Gasteiger partial charge in [0.2, 0.25) is 0 Å². The van der Waals surface area contributed by atoms with E-state index in [1.54, 1.807) is 11.9 Å². The van der Waals surface area contributed by atoms with Crippen LogP contribution in [0.5, 0.6) is 0 Å². The van der Waals surface area contributed by atoms with Gasteiger partial charge < -0.3 is 9.80 Å². The van der Waals surface area contributed by atoms with Gasteiger partial charge in [0.05, 0.1) is 6.54 Å². The molecule has 3 aliphatic heterocycles. The van der Waals surface area contributed by atoms with Crippen molar-refractivity contribution in [2.75, 3.05) is 25.0 Å². The minimum absolute atomic E-state index is 0.120. The van der Waals surface area contributed by atoms with Crippen LogP contribution < -0.4 is 10.2 Å². The lowest BCUT2D eigenvalue weighted by Crippen LogP contribution is -2.66. The van der Waals surface area contributed by atoms with E-state index in [2.05, 4.69) is 47.2 Å². The lowest BCUT2D eigenvalue weighted by molar-refractivity contribution is -0.139. The fourth-order valence-electron chi connectivity index (χ4n) is 5.20. The van der Waals surface area contributed by atoms with Crippen molar-refractivity contribution in [3.05, 3.63) is 65.7 Å². The summed E-state index contributed by atoms with van der Waals surface area (Å²) in [6, 6.07) is 17.4. The molecule has 7 heteroatoms. The highest BCUT2D eigenvalue weighted by molar-refractivity contribution is 6.00. The molecule has 3 amide bonds. The van der Waals surface area contributed by atoms with Gasteiger partial charge in [0.25, 0.3) is 5.91 Å². The van der Waals surface area contributed by atoms with Crippen LogP contribution in [0.2, 0.25) is 0 Å². The number of imide groups is 1. The van der Waals surface area contributed by atoms with Gasteiger partial charge in [-0.3, -0.25) is 19.9 Å². The number of aryl methyl sites for hydroxylation is 1. The van der Waals surface area contributed by atoms with E-state index in [1.807, 2.05) is 36.4 Å². The average Bonchev–Trinajstić information content (AvgIpc) is 3.15. The zero-order valence-corrected chi connectivity index (χ0v) is 18.2. The molecule has 3 saturated heterocycles. The second-order valence-corrected chi connectivity index (χ2v) is 8.97. The third-order valence-corrected chi connectivity index (χ3v) is 6.69. The number of fused-ring (bicyclic) bond motifs is 3. The molecule has 7 nitrogen and oxygen atoms in total. The molecule has 0 bridgehead atoms. The van der Waals surface area contributed by atoms with Gasteiger partial charge in [-0.2, -0.15) is 0 Å². The number of nitrogens with one attached hydrogen (secondary N) is 1. The van der Waals surface area contributed by atoms with Gasteiger partial charge in [-0.05, 0) is 30.0 Å². The van der Waals surface area contributed by atoms with E-state index < -0.39 is 6.04 Å². The zero-order chi connectivity index (χ0) is 21.7. The molecule has 31 heavy (non-hydrogen) atoms. The van der Waals surface area contributed by atoms with E-state index in [1.165, 1.54) is 10.5 Å². The molecule has 1 N–H and O–H groups in total. The number of hydrogen-bond acceptors (Lipinski definition) is 5. The number of nitrogens with zero attached hydrogens (tertiary/aromatic N) is 4. The monoisotopic (exact) mass is 419 g/mol. The molecule has 3 fully saturated rings. The molecule has 0 aliphatic carbocycles. The van der Waals surface area contributed by atoms with Crippen LogP contribution in [0, 0.1) is 12.8 Å². The molecule has 2 aromatic rings. The van der Waals surface area contributed by atoms with Crippen molar-refractivity contribution in [2.45, 2.75) is 38.9 Å². The molecule has 0 aromatic heterocycles. The molecule has 3 aliphatic rings. The lowest BCUT2D eigenvalue weighted by Gasteiger charge is -2.46. The van der Waals surface area contributed by atoms with Gasteiger partial charge in [-0.1, -0.05) is 55.5 Å². The van der Waals surface area contributed by atoms with Crippen LogP contribution in [0.15, 0.2) is 54.6 Å². The SMILES string of the molecule is Cc1ccccc1N1CC(C)CN2C3C(=O)N(Cc4ccccc4)C(=O)N(C)C3NC12. The maximum atomic E-state index is 13.6. The highest BCUT2D eigenvalue weighted by Gasteiger charge is 2.56. The normalized spacial score (nSPS) is 28.7. The second kappa shape index (κ2) is 7.66. The molecule has 0 radical (unpaired) electrons. The first-order valence-electron chi connectivity index (χ1n) is 10.9. The van der Waals surface area contributed by atoms with Crippen LogP contribution in [0.25, 0.3) is 0 Å². The highest BCUT2D eigenvalue weighted by atomic mass is 16.2. The summed E-state index contributed by atoms with van der Waals surface area (Å²) < 4.78 is 0. The van der Waals surface area contributed by atoms with E-state index in [-0.39, 0.29) is 24.4 Å². The number of amides is 3. The topological polar surface area (TPSA) is 59.1 Å². The molecule has 0 saturated carbocycles. The number of benzene rings is 2. The molecule has 0 spiro atoms. The summed E-state index contributed by atoms with van der Waals surface area (Å²) in [4.78, 5) is 34.4. The van der Waals surface area contributed by atoms with Crippen molar-refractivity contribution in [1.82, 2.24) is 20.0 Å². The molecule has 3 heterocycles. The standard InChI is InChI=1S/C24H29N5O2/c1-16-13-27(19-12-8-7-9-17(19)2)23-25-21-20(28(23)14-16)22(30)29(24(31)26(21)3)15-18-10-5-4-6-11-18/h4-12,16,20-21,23,25H,13-15H2,1-3H3.